The van der Waals surface area contributed by atoms with Gasteiger partial charge in [0.05, 0.1) is 0 Å². The van der Waals surface area contributed by atoms with Crippen LogP contribution < -0.4 is 3.30 Å². The molecule has 0 radical (unpaired) electrons. The molecule has 1 atom stereocenters. The molecule has 1 aromatic carbocycles. The van der Waals surface area contributed by atoms with Gasteiger partial charge in [-0.1, -0.05) is 0 Å². The van der Waals surface area contributed by atoms with Crippen molar-refractivity contribution in [2.75, 3.05) is 3.30 Å². The van der Waals surface area contributed by atoms with Crippen molar-refractivity contribution < 1.29 is 17.4 Å². The maximum Gasteiger partial charge on any atom is -0.147 e. The van der Waals surface area contributed by atoms with Gasteiger partial charge in [0.2, 0.25) is 0 Å². The number of halogens is 2. The first-order valence-corrected chi connectivity index (χ1v) is 26.5. The molecule has 1 aliphatic carbocycles. The van der Waals surface area contributed by atoms with Crippen LogP contribution in [0.25, 0.3) is 0 Å². The van der Waals surface area contributed by atoms with E-state index in [1.54, 1.807) is 14.5 Å². The largest absolute Gasteiger partial charge is 0.147 e. The summed E-state index contributed by atoms with van der Waals surface area (Å²) in [7, 11) is 0. The Labute approximate surface area is 150 Å². The first-order valence-electron chi connectivity index (χ1n) is 7.42. The molecule has 2 rings (SSSR count). The minimum absolute atomic E-state index is 0. The van der Waals surface area contributed by atoms with Gasteiger partial charge >= 0.3 is 127 Å². The Bertz CT molecular complexity index is 671. The molecule has 124 valence electrons. The van der Waals surface area contributed by atoms with E-state index in [0.717, 1.165) is 0 Å². The third-order valence-corrected chi connectivity index (χ3v) is 22.4. The smallest absolute Gasteiger partial charge is 0.147 e. The zero-order chi connectivity index (χ0) is 15.2. The van der Waals surface area contributed by atoms with Crippen LogP contribution in [0.1, 0.15) is 27.7 Å². The van der Waals surface area contributed by atoms with E-state index in [9.17, 15) is 0 Å². The van der Waals surface area contributed by atoms with Gasteiger partial charge in [0.1, 0.15) is 0 Å². The standard InChI is InChI=1S/C9H13.C6H6N.2CH3.2ClH.Hf.H2Si/c1-6-5-7(2)9(4)8(6)3;7-6-4-2-1-3-5-6;;;;;;/h6H,1-4H3;1-5,7H;2*1H3;2*1H;;1H2/q;-1;;;;;+1;. The van der Waals surface area contributed by atoms with Crippen molar-refractivity contribution in [3.63, 3.8) is 0 Å². The number of benzene rings is 1. The van der Waals surface area contributed by atoms with Gasteiger partial charge in [0, 0.05) is 0 Å². The van der Waals surface area contributed by atoms with E-state index in [4.69, 9.17) is 0 Å². The number of rotatable bonds is 3. The summed E-state index contributed by atoms with van der Waals surface area (Å²) >= 11 is -3.21. The SMILES string of the molecule is CC1=C(C)C(C)[C]([Hf]([CH3])([CH3])(=[SiH2])[NH]c2ccccc2)=C1C.Cl.Cl. The Morgan fingerprint density at radius 1 is 0.955 bits per heavy atom. The summed E-state index contributed by atoms with van der Waals surface area (Å²) in [5.41, 5.74) is 5.90. The summed E-state index contributed by atoms with van der Waals surface area (Å²) in [6, 6.07) is 10.7. The second-order valence-corrected chi connectivity index (χ2v) is 46.7. The Kier molecular flexibility index (Phi) is 7.43. The molecular formula is C17H29Cl2HfNSi. The summed E-state index contributed by atoms with van der Waals surface area (Å²) in [5.74, 6) is 0.606. The van der Waals surface area contributed by atoms with Crippen LogP contribution in [0, 0.1) is 5.92 Å². The normalized spacial score (nSPS) is 18.8. The maximum absolute atomic E-state index is 3.99. The monoisotopic (exact) mass is 525 g/mol. The molecule has 0 amide bonds. The molecule has 1 N–H and O–H groups in total. The van der Waals surface area contributed by atoms with Gasteiger partial charge in [-0.05, 0) is 0 Å². The number of allylic oxidation sites excluding steroid dienone is 4. The van der Waals surface area contributed by atoms with Crippen LogP contribution in [0.5, 0.6) is 0 Å². The van der Waals surface area contributed by atoms with Crippen molar-refractivity contribution in [2.45, 2.75) is 37.1 Å². The van der Waals surface area contributed by atoms with Crippen LogP contribution >= 0.6 is 24.8 Å². The Hall–Kier alpha value is 0.167. The fourth-order valence-corrected chi connectivity index (χ4v) is 25.2. The van der Waals surface area contributed by atoms with Crippen molar-refractivity contribution in [3.05, 3.63) is 50.4 Å². The van der Waals surface area contributed by atoms with E-state index < -0.39 is 17.4 Å². The van der Waals surface area contributed by atoms with Gasteiger partial charge < -0.3 is 0 Å². The average molecular weight is 525 g/mol. The van der Waals surface area contributed by atoms with Crippen LogP contribution in [-0.2, 0) is 17.4 Å². The van der Waals surface area contributed by atoms with Crippen molar-refractivity contribution in [3.8, 4) is 0 Å². The van der Waals surface area contributed by atoms with Crippen LogP contribution in [-0.4, -0.2) is 6.94 Å². The molecule has 0 fully saturated rings. The summed E-state index contributed by atoms with van der Waals surface area (Å²) in [5, 5.41) is 0. The minimum Gasteiger partial charge on any atom is -0.147 e. The molecule has 0 heterocycles. The van der Waals surface area contributed by atoms with Crippen LogP contribution in [0.2, 0.25) is 9.36 Å². The Balaban J connectivity index is 0.00000220. The van der Waals surface area contributed by atoms with Crippen LogP contribution in [0.3, 0.4) is 0 Å². The molecule has 0 aliphatic heterocycles. The Morgan fingerprint density at radius 2 is 1.45 bits per heavy atom. The molecule has 22 heavy (non-hydrogen) atoms. The third kappa shape index (κ3) is 4.17. The maximum atomic E-state index is 3.99. The summed E-state index contributed by atoms with van der Waals surface area (Å²) < 4.78 is 10.8. The molecule has 1 aromatic rings. The fraction of sp³-hybridized carbons (Fsp3) is 0.412. The molecule has 0 spiro atoms. The van der Waals surface area contributed by atoms with E-state index in [1.807, 2.05) is 0 Å². The molecule has 1 aliphatic rings. The molecule has 1 unspecified atom stereocenters. The molecule has 0 saturated carbocycles. The molecule has 0 saturated heterocycles. The summed E-state index contributed by atoms with van der Waals surface area (Å²) in [6.45, 7) is 11.6. The van der Waals surface area contributed by atoms with Gasteiger partial charge in [0.25, 0.3) is 0 Å². The van der Waals surface area contributed by atoms with Crippen molar-refractivity contribution in [1.82, 2.24) is 0 Å². The summed E-state index contributed by atoms with van der Waals surface area (Å²) in [4.78, 5) is 0. The average Bonchev–Trinajstić information content (AvgIpc) is 2.54. The van der Waals surface area contributed by atoms with Crippen LogP contribution in [0.15, 0.2) is 50.4 Å². The quantitative estimate of drug-likeness (QED) is 0.519. The number of hydrogen-bond acceptors (Lipinski definition) is 1. The van der Waals surface area contributed by atoms with Gasteiger partial charge in [-0.25, -0.2) is 0 Å². The molecule has 1 nitrogen and oxygen atoms in total. The van der Waals surface area contributed by atoms with Crippen molar-refractivity contribution in [2.24, 2.45) is 5.92 Å². The van der Waals surface area contributed by atoms with Gasteiger partial charge in [-0.2, -0.15) is 0 Å². The van der Waals surface area contributed by atoms with E-state index >= 15 is 0 Å². The zero-order valence-electron chi connectivity index (χ0n) is 14.5. The summed E-state index contributed by atoms with van der Waals surface area (Å²) in [6.07, 6.45) is 0. The first-order chi connectivity index (χ1) is 9.12. The number of anilines is 1. The second-order valence-electron chi connectivity index (χ2n) is 7.25. The van der Waals surface area contributed by atoms with Gasteiger partial charge in [-0.15, -0.1) is 24.8 Å². The van der Waals surface area contributed by atoms with E-state index in [0.29, 0.717) is 5.92 Å². The predicted molar refractivity (Wildman–Crippen MR) is 105 cm³/mol. The van der Waals surface area contributed by atoms with Crippen LogP contribution in [0.4, 0.5) is 5.69 Å². The van der Waals surface area contributed by atoms with E-state index in [-0.39, 0.29) is 24.8 Å². The number of nitrogens with one attached hydrogen (secondary N) is 1. The van der Waals surface area contributed by atoms with Gasteiger partial charge in [-0.3, -0.25) is 0 Å². The van der Waals surface area contributed by atoms with Crippen molar-refractivity contribution >= 4 is 37.4 Å². The predicted octanol–water partition coefficient (Wildman–Crippen LogP) is 5.45. The van der Waals surface area contributed by atoms with Gasteiger partial charge in [0.15, 0.2) is 0 Å². The zero-order valence-corrected chi connectivity index (χ0v) is 21.1. The van der Waals surface area contributed by atoms with Crippen molar-refractivity contribution in [1.29, 1.82) is 0 Å². The topological polar surface area (TPSA) is 12.0 Å². The second kappa shape index (κ2) is 7.37. The fourth-order valence-electron chi connectivity index (χ4n) is 3.71. The first kappa shape index (κ1) is 22.2. The third-order valence-electron chi connectivity index (χ3n) is 4.82. The number of para-hydroxylation sites is 1. The molecule has 0 aromatic heterocycles. The number of hydrogen-bond donors (Lipinski definition) is 1. The van der Waals surface area contributed by atoms with E-state index in [1.165, 1.54) is 11.3 Å². The molecule has 0 bridgehead atoms. The molecule has 5 heteroatoms. The minimum atomic E-state index is -3.21. The molecular weight excluding hydrogens is 496 g/mol. The Morgan fingerprint density at radius 3 is 1.86 bits per heavy atom. The van der Waals surface area contributed by atoms with E-state index in [2.05, 4.69) is 77.6 Å².